The van der Waals surface area contributed by atoms with Gasteiger partial charge < -0.3 is 5.32 Å². The highest BCUT2D eigenvalue weighted by molar-refractivity contribution is 7.25. The zero-order valence-electron chi connectivity index (χ0n) is 13.1. The normalized spacial score (nSPS) is 11.4. The summed E-state index contributed by atoms with van der Waals surface area (Å²) in [6.45, 7) is 2.01. The lowest BCUT2D eigenvalue weighted by Crippen LogP contribution is -1.94. The summed E-state index contributed by atoms with van der Waals surface area (Å²) in [5.41, 5.74) is 4.86. The van der Waals surface area contributed by atoms with Crippen LogP contribution < -0.4 is 5.32 Å². The van der Waals surface area contributed by atoms with Gasteiger partial charge in [-0.15, -0.1) is 34.0 Å². The van der Waals surface area contributed by atoms with Gasteiger partial charge in [0.05, 0.1) is 26.0 Å². The average molecular weight is 382 g/mol. The van der Waals surface area contributed by atoms with Gasteiger partial charge in [0.25, 0.3) is 0 Å². The van der Waals surface area contributed by atoms with Crippen LogP contribution in [0.2, 0.25) is 0 Å². The van der Waals surface area contributed by atoms with Crippen LogP contribution in [0.15, 0.2) is 41.5 Å². The first-order valence-corrected chi connectivity index (χ1v) is 10.1. The van der Waals surface area contributed by atoms with E-state index in [4.69, 9.17) is 0 Å². The van der Waals surface area contributed by atoms with Crippen molar-refractivity contribution in [3.05, 3.63) is 47.2 Å². The number of nitrogens with one attached hydrogen (secondary N) is 1. The van der Waals surface area contributed by atoms with Crippen LogP contribution in [0.5, 0.6) is 0 Å². The van der Waals surface area contributed by atoms with Crippen molar-refractivity contribution >= 4 is 65.9 Å². The summed E-state index contributed by atoms with van der Waals surface area (Å²) in [5, 5.41) is 7.50. The minimum absolute atomic E-state index is 0.801. The van der Waals surface area contributed by atoms with Crippen molar-refractivity contribution in [2.45, 2.75) is 6.92 Å². The topological polar surface area (TPSA) is 63.6 Å². The lowest BCUT2D eigenvalue weighted by Gasteiger charge is -2.06. The SMILES string of the molecule is Cc1csc(-c2cc3c(Nc4ccc5scnc5c4)ncnc3s2)n1. The van der Waals surface area contributed by atoms with Gasteiger partial charge in [0.1, 0.15) is 22.0 Å². The van der Waals surface area contributed by atoms with Gasteiger partial charge in [0.2, 0.25) is 0 Å². The van der Waals surface area contributed by atoms with Gasteiger partial charge in [-0.05, 0) is 31.2 Å². The molecule has 0 amide bonds. The Labute approximate surface area is 155 Å². The Morgan fingerprint density at radius 2 is 2.00 bits per heavy atom. The third kappa shape index (κ3) is 2.68. The molecule has 0 aliphatic rings. The number of aryl methyl sites for hydroxylation is 1. The third-order valence-electron chi connectivity index (χ3n) is 3.75. The molecule has 4 aromatic heterocycles. The van der Waals surface area contributed by atoms with Crippen LogP contribution in [0.4, 0.5) is 11.5 Å². The van der Waals surface area contributed by atoms with E-state index in [1.54, 1.807) is 40.3 Å². The Bertz CT molecular complexity index is 1200. The Balaban J connectivity index is 1.57. The van der Waals surface area contributed by atoms with Crippen molar-refractivity contribution in [2.24, 2.45) is 0 Å². The van der Waals surface area contributed by atoms with E-state index in [-0.39, 0.29) is 0 Å². The van der Waals surface area contributed by atoms with Crippen molar-refractivity contribution in [2.75, 3.05) is 5.32 Å². The molecule has 0 radical (unpaired) electrons. The predicted octanol–water partition coefficient (Wildman–Crippen LogP) is 5.48. The predicted molar refractivity (Wildman–Crippen MR) is 106 cm³/mol. The Morgan fingerprint density at radius 1 is 1.04 bits per heavy atom. The summed E-state index contributed by atoms with van der Waals surface area (Å²) in [7, 11) is 0. The number of hydrogen-bond donors (Lipinski definition) is 1. The molecular formula is C17H11N5S3. The number of nitrogens with zero attached hydrogens (tertiary/aromatic N) is 4. The fourth-order valence-electron chi connectivity index (χ4n) is 2.60. The summed E-state index contributed by atoms with van der Waals surface area (Å²) in [6.07, 6.45) is 1.60. The first-order chi connectivity index (χ1) is 12.3. The number of aromatic nitrogens is 4. The largest absolute Gasteiger partial charge is 0.340 e. The van der Waals surface area contributed by atoms with Gasteiger partial charge in [0, 0.05) is 16.8 Å². The second kappa shape index (κ2) is 5.83. The van der Waals surface area contributed by atoms with Crippen LogP contribution >= 0.6 is 34.0 Å². The fourth-order valence-corrected chi connectivity index (χ4v) is 5.12. The zero-order valence-corrected chi connectivity index (χ0v) is 15.5. The van der Waals surface area contributed by atoms with Gasteiger partial charge in [-0.1, -0.05) is 0 Å². The van der Waals surface area contributed by atoms with E-state index in [0.717, 1.165) is 42.8 Å². The Kier molecular flexibility index (Phi) is 3.47. The average Bonchev–Trinajstić information content (AvgIpc) is 3.32. The molecule has 1 N–H and O–H groups in total. The molecular weight excluding hydrogens is 370 g/mol. The molecule has 0 aliphatic carbocycles. The lowest BCUT2D eigenvalue weighted by atomic mass is 10.2. The van der Waals surface area contributed by atoms with E-state index < -0.39 is 0 Å². The maximum atomic E-state index is 4.57. The minimum atomic E-state index is 0.801. The first-order valence-electron chi connectivity index (χ1n) is 7.53. The molecule has 0 saturated heterocycles. The highest BCUT2D eigenvalue weighted by atomic mass is 32.1. The summed E-state index contributed by atoms with van der Waals surface area (Å²) >= 11 is 4.93. The molecule has 5 aromatic rings. The maximum absolute atomic E-state index is 4.57. The molecule has 0 saturated carbocycles. The van der Waals surface area contributed by atoms with E-state index in [1.165, 1.54) is 4.70 Å². The lowest BCUT2D eigenvalue weighted by molar-refractivity contribution is 1.23. The van der Waals surface area contributed by atoms with Gasteiger partial charge in [0.15, 0.2) is 0 Å². The van der Waals surface area contributed by atoms with Crippen LogP contribution in [0.3, 0.4) is 0 Å². The standard InChI is InChI=1S/C17H11N5S3/c1-9-6-23-17(21-9)14-5-11-15(18-7-19-16(11)25-14)22-10-2-3-13-12(4-10)20-8-24-13/h2-8H,1H3,(H,18,19,22). The van der Waals surface area contributed by atoms with Crippen molar-refractivity contribution in [3.8, 4) is 9.88 Å². The molecule has 0 atom stereocenters. The molecule has 122 valence electrons. The number of rotatable bonds is 3. The third-order valence-corrected chi connectivity index (χ3v) is 6.73. The first kappa shape index (κ1) is 14.9. The van der Waals surface area contributed by atoms with Crippen molar-refractivity contribution in [3.63, 3.8) is 0 Å². The van der Waals surface area contributed by atoms with Gasteiger partial charge in [-0.25, -0.2) is 19.9 Å². The van der Waals surface area contributed by atoms with Crippen molar-refractivity contribution < 1.29 is 0 Å². The highest BCUT2D eigenvalue weighted by Crippen LogP contribution is 2.37. The number of benzene rings is 1. The summed E-state index contributed by atoms with van der Waals surface area (Å²) < 4.78 is 1.18. The quantitative estimate of drug-likeness (QED) is 0.448. The Hall–Kier alpha value is -2.42. The van der Waals surface area contributed by atoms with E-state index in [2.05, 4.69) is 42.8 Å². The van der Waals surface area contributed by atoms with E-state index in [1.807, 2.05) is 24.6 Å². The molecule has 5 nitrogen and oxygen atoms in total. The molecule has 25 heavy (non-hydrogen) atoms. The van der Waals surface area contributed by atoms with Gasteiger partial charge in [-0.2, -0.15) is 0 Å². The maximum Gasteiger partial charge on any atom is 0.142 e. The van der Waals surface area contributed by atoms with Crippen LogP contribution in [0, 0.1) is 6.92 Å². The summed E-state index contributed by atoms with van der Waals surface area (Å²) in [6, 6.07) is 8.27. The molecule has 0 fully saturated rings. The van der Waals surface area contributed by atoms with Crippen molar-refractivity contribution in [1.29, 1.82) is 0 Å². The smallest absolute Gasteiger partial charge is 0.142 e. The van der Waals surface area contributed by atoms with Crippen LogP contribution in [-0.2, 0) is 0 Å². The molecule has 0 aliphatic heterocycles. The second-order valence-corrected chi connectivity index (χ2v) is 8.28. The molecule has 0 bridgehead atoms. The molecule has 1 aromatic carbocycles. The summed E-state index contributed by atoms with van der Waals surface area (Å²) in [5.74, 6) is 0.801. The fraction of sp³-hybridized carbons (Fsp3) is 0.0588. The highest BCUT2D eigenvalue weighted by Gasteiger charge is 2.12. The van der Waals surface area contributed by atoms with E-state index in [9.17, 15) is 0 Å². The van der Waals surface area contributed by atoms with E-state index in [0.29, 0.717) is 0 Å². The minimum Gasteiger partial charge on any atom is -0.340 e. The molecule has 0 spiro atoms. The van der Waals surface area contributed by atoms with Crippen molar-refractivity contribution in [1.82, 2.24) is 19.9 Å². The van der Waals surface area contributed by atoms with Crippen LogP contribution in [0.25, 0.3) is 30.3 Å². The molecule has 8 heteroatoms. The van der Waals surface area contributed by atoms with Gasteiger partial charge >= 0.3 is 0 Å². The van der Waals surface area contributed by atoms with Gasteiger partial charge in [-0.3, -0.25) is 0 Å². The monoisotopic (exact) mass is 381 g/mol. The molecule has 4 heterocycles. The number of hydrogen-bond acceptors (Lipinski definition) is 8. The zero-order chi connectivity index (χ0) is 16.8. The van der Waals surface area contributed by atoms with E-state index >= 15 is 0 Å². The number of thiophene rings is 1. The van der Waals surface area contributed by atoms with Crippen LogP contribution in [0.1, 0.15) is 5.69 Å². The number of thiazole rings is 2. The Morgan fingerprint density at radius 3 is 2.88 bits per heavy atom. The molecule has 5 rings (SSSR count). The number of anilines is 2. The number of fused-ring (bicyclic) bond motifs is 2. The second-order valence-electron chi connectivity index (χ2n) is 5.51. The van der Waals surface area contributed by atoms with Crippen LogP contribution in [-0.4, -0.2) is 19.9 Å². The summed E-state index contributed by atoms with van der Waals surface area (Å²) in [4.78, 5) is 19.9. The molecule has 0 unspecified atom stereocenters.